The molecule has 1 heterocycles. The lowest BCUT2D eigenvalue weighted by Crippen LogP contribution is -2.23. The normalized spacial score (nSPS) is 10.7. The SMILES string of the molecule is Cc1cnc(N/C(C=N)=C/NCCO)nc1-c1ccc(C(=O)NCC#N)cc1. The second kappa shape index (κ2) is 10.4. The quantitative estimate of drug-likeness (QED) is 0.250. The number of hydrogen-bond donors (Lipinski definition) is 5. The monoisotopic (exact) mass is 379 g/mol. The maximum absolute atomic E-state index is 11.9. The number of aryl methyl sites for hydroxylation is 1. The standard InChI is InChI=1S/C19H21N7O2/c1-13-11-24-19(25-16(10-21)12-22-8-9-27)26-17(13)14-2-4-15(5-3-14)18(28)23-7-6-20/h2-5,10-12,21-22,27H,7-9H2,1H3,(H,23,28)(H,24,25,26)/b16-12+,21-10?. The highest BCUT2D eigenvalue weighted by atomic mass is 16.3. The Hall–Kier alpha value is -3.77. The van der Waals surface area contributed by atoms with Crippen molar-refractivity contribution in [2.24, 2.45) is 0 Å². The van der Waals surface area contributed by atoms with Gasteiger partial charge in [-0.05, 0) is 24.6 Å². The Labute approximate surface area is 162 Å². The zero-order chi connectivity index (χ0) is 20.4. The number of aliphatic hydroxyl groups is 1. The van der Waals surface area contributed by atoms with E-state index in [4.69, 9.17) is 15.8 Å². The number of allylic oxidation sites excluding steroid dienone is 1. The van der Waals surface area contributed by atoms with E-state index in [0.717, 1.165) is 17.3 Å². The third-order valence-corrected chi connectivity index (χ3v) is 3.65. The summed E-state index contributed by atoms with van der Waals surface area (Å²) in [5, 5.41) is 33.1. The fourth-order valence-corrected chi connectivity index (χ4v) is 2.29. The van der Waals surface area contributed by atoms with Gasteiger partial charge in [0.05, 0.1) is 24.1 Å². The molecule has 1 aromatic carbocycles. The average molecular weight is 379 g/mol. The van der Waals surface area contributed by atoms with Crippen LogP contribution >= 0.6 is 0 Å². The highest BCUT2D eigenvalue weighted by Gasteiger charge is 2.10. The van der Waals surface area contributed by atoms with Crippen LogP contribution in [0.2, 0.25) is 0 Å². The van der Waals surface area contributed by atoms with Gasteiger partial charge in [-0.3, -0.25) is 4.79 Å². The van der Waals surface area contributed by atoms with E-state index in [2.05, 4.69) is 25.9 Å². The summed E-state index contributed by atoms with van der Waals surface area (Å²) in [6.45, 7) is 2.18. The van der Waals surface area contributed by atoms with Crippen molar-refractivity contribution in [2.45, 2.75) is 6.92 Å². The van der Waals surface area contributed by atoms with Crippen molar-refractivity contribution in [1.29, 1.82) is 10.7 Å². The lowest BCUT2D eigenvalue weighted by Gasteiger charge is -2.10. The van der Waals surface area contributed by atoms with E-state index >= 15 is 0 Å². The molecule has 0 atom stereocenters. The molecule has 0 saturated heterocycles. The topological polar surface area (TPSA) is 147 Å². The minimum atomic E-state index is -0.314. The molecule has 2 aromatic rings. The van der Waals surface area contributed by atoms with Crippen molar-refractivity contribution < 1.29 is 9.90 Å². The van der Waals surface area contributed by atoms with Gasteiger partial charge in [0.1, 0.15) is 6.54 Å². The third-order valence-electron chi connectivity index (χ3n) is 3.65. The molecule has 1 aromatic heterocycles. The number of amides is 1. The Balaban J connectivity index is 2.21. The zero-order valence-electron chi connectivity index (χ0n) is 15.4. The average Bonchev–Trinajstić information content (AvgIpc) is 2.72. The maximum Gasteiger partial charge on any atom is 0.252 e. The van der Waals surface area contributed by atoms with Gasteiger partial charge in [0.2, 0.25) is 5.95 Å². The predicted octanol–water partition coefficient (Wildman–Crippen LogP) is 1.19. The van der Waals surface area contributed by atoms with Crippen LogP contribution in [0.25, 0.3) is 11.3 Å². The van der Waals surface area contributed by atoms with Crippen LogP contribution in [0.15, 0.2) is 42.4 Å². The molecule has 0 radical (unpaired) electrons. The molecule has 5 N–H and O–H groups in total. The summed E-state index contributed by atoms with van der Waals surface area (Å²) in [4.78, 5) is 20.6. The van der Waals surface area contributed by atoms with Gasteiger partial charge in [-0.2, -0.15) is 5.26 Å². The lowest BCUT2D eigenvalue weighted by molar-refractivity contribution is 0.0958. The molecule has 9 nitrogen and oxygen atoms in total. The molecular formula is C19H21N7O2. The highest BCUT2D eigenvalue weighted by molar-refractivity contribution is 5.94. The number of benzene rings is 1. The second-order valence-electron chi connectivity index (χ2n) is 5.69. The molecule has 0 spiro atoms. The molecule has 0 fully saturated rings. The predicted molar refractivity (Wildman–Crippen MR) is 106 cm³/mol. The first-order valence-corrected chi connectivity index (χ1v) is 8.50. The van der Waals surface area contributed by atoms with E-state index in [1.807, 2.05) is 13.0 Å². The van der Waals surface area contributed by atoms with E-state index < -0.39 is 0 Å². The largest absolute Gasteiger partial charge is 0.395 e. The number of nitrogens with zero attached hydrogens (tertiary/aromatic N) is 3. The van der Waals surface area contributed by atoms with Crippen molar-refractivity contribution in [3.8, 4) is 17.3 Å². The molecule has 0 aliphatic rings. The molecule has 9 heteroatoms. The number of anilines is 1. The highest BCUT2D eigenvalue weighted by Crippen LogP contribution is 2.22. The maximum atomic E-state index is 11.9. The van der Waals surface area contributed by atoms with Crippen molar-refractivity contribution in [1.82, 2.24) is 20.6 Å². The molecule has 0 aliphatic heterocycles. The number of nitrogens with one attached hydrogen (secondary N) is 4. The van der Waals surface area contributed by atoms with Crippen molar-refractivity contribution in [2.75, 3.05) is 25.0 Å². The molecule has 0 aliphatic carbocycles. The van der Waals surface area contributed by atoms with Gasteiger partial charge in [-0.15, -0.1) is 0 Å². The van der Waals surface area contributed by atoms with Crippen LogP contribution in [0, 0.1) is 23.7 Å². The fourth-order valence-electron chi connectivity index (χ4n) is 2.29. The van der Waals surface area contributed by atoms with Gasteiger partial charge >= 0.3 is 0 Å². The van der Waals surface area contributed by atoms with Gasteiger partial charge in [0.25, 0.3) is 5.91 Å². The third kappa shape index (κ3) is 5.62. The van der Waals surface area contributed by atoms with Crippen LogP contribution in [0.3, 0.4) is 0 Å². The smallest absolute Gasteiger partial charge is 0.252 e. The second-order valence-corrected chi connectivity index (χ2v) is 5.69. The molecule has 2 rings (SSSR count). The number of rotatable bonds is 9. The molecule has 1 amide bonds. The number of nitriles is 1. The van der Waals surface area contributed by atoms with Gasteiger partial charge in [0.15, 0.2) is 0 Å². The minimum absolute atomic E-state index is 0.0164. The summed E-state index contributed by atoms with van der Waals surface area (Å²) in [7, 11) is 0. The van der Waals surface area contributed by atoms with Gasteiger partial charge in [-0.1, -0.05) is 12.1 Å². The molecule has 28 heavy (non-hydrogen) atoms. The van der Waals surface area contributed by atoms with Crippen LogP contribution < -0.4 is 16.0 Å². The van der Waals surface area contributed by atoms with E-state index in [0.29, 0.717) is 29.4 Å². The number of aromatic nitrogens is 2. The summed E-state index contributed by atoms with van der Waals surface area (Å²) in [5.41, 5.74) is 3.24. The van der Waals surface area contributed by atoms with Crippen molar-refractivity contribution >= 4 is 18.1 Å². The minimum Gasteiger partial charge on any atom is -0.395 e. The fraction of sp³-hybridized carbons (Fsp3) is 0.211. The van der Waals surface area contributed by atoms with Crippen LogP contribution in [0.1, 0.15) is 15.9 Å². The summed E-state index contributed by atoms with van der Waals surface area (Å²) < 4.78 is 0. The molecular weight excluding hydrogens is 358 g/mol. The van der Waals surface area contributed by atoms with E-state index in [1.165, 1.54) is 0 Å². The summed E-state index contributed by atoms with van der Waals surface area (Å²) in [6, 6.07) is 8.74. The number of aliphatic hydroxyl groups excluding tert-OH is 1. The molecule has 0 unspecified atom stereocenters. The number of carbonyl (C=O) groups excluding carboxylic acids is 1. The van der Waals surface area contributed by atoms with Crippen LogP contribution in [0.5, 0.6) is 0 Å². The number of hydrogen-bond acceptors (Lipinski definition) is 8. The van der Waals surface area contributed by atoms with Crippen molar-refractivity contribution in [3.05, 3.63) is 53.5 Å². The first kappa shape index (κ1) is 20.5. The van der Waals surface area contributed by atoms with E-state index in [-0.39, 0.29) is 19.1 Å². The zero-order valence-corrected chi connectivity index (χ0v) is 15.4. The Morgan fingerprint density at radius 1 is 1.36 bits per heavy atom. The van der Waals surface area contributed by atoms with Gasteiger partial charge in [-0.25, -0.2) is 9.97 Å². The first-order chi connectivity index (χ1) is 13.6. The lowest BCUT2D eigenvalue weighted by atomic mass is 10.1. The van der Waals surface area contributed by atoms with Gasteiger partial charge in [0, 0.05) is 36.3 Å². The first-order valence-electron chi connectivity index (χ1n) is 8.50. The Morgan fingerprint density at radius 3 is 2.75 bits per heavy atom. The van der Waals surface area contributed by atoms with E-state index in [1.54, 1.807) is 36.7 Å². The Morgan fingerprint density at radius 2 is 2.11 bits per heavy atom. The van der Waals surface area contributed by atoms with Crippen molar-refractivity contribution in [3.63, 3.8) is 0 Å². The van der Waals surface area contributed by atoms with Gasteiger partial charge < -0.3 is 26.5 Å². The van der Waals surface area contributed by atoms with E-state index in [9.17, 15) is 4.79 Å². The summed E-state index contributed by atoms with van der Waals surface area (Å²) >= 11 is 0. The Bertz CT molecular complexity index is 901. The summed E-state index contributed by atoms with van der Waals surface area (Å²) in [6.07, 6.45) is 4.34. The van der Waals surface area contributed by atoms with Crippen LogP contribution in [-0.2, 0) is 0 Å². The molecule has 144 valence electrons. The van der Waals surface area contributed by atoms with Crippen LogP contribution in [-0.4, -0.2) is 46.9 Å². The summed E-state index contributed by atoms with van der Waals surface area (Å²) in [5.74, 6) is 0.00277. The Kier molecular flexibility index (Phi) is 7.63. The van der Waals surface area contributed by atoms with Crippen LogP contribution in [0.4, 0.5) is 5.95 Å². The molecule has 0 bridgehead atoms. The number of carbonyl (C=O) groups is 1. The molecule has 0 saturated carbocycles.